The number of halogens is 1. The number of rotatable bonds is 6. The van der Waals surface area contributed by atoms with Gasteiger partial charge in [0.15, 0.2) is 0 Å². The van der Waals surface area contributed by atoms with E-state index in [2.05, 4.69) is 35.0 Å². The number of unbranched alkanes of at least 4 members (excludes halogenated alkanes) is 1. The van der Waals surface area contributed by atoms with Gasteiger partial charge in [-0.25, -0.2) is 0 Å². The second kappa shape index (κ2) is 6.88. The Hall–Kier alpha value is -0.500. The van der Waals surface area contributed by atoms with Crippen LogP contribution in [-0.2, 0) is 6.42 Å². The molecule has 0 saturated heterocycles. The van der Waals surface area contributed by atoms with E-state index in [1.807, 2.05) is 12.1 Å². The lowest BCUT2D eigenvalue weighted by Gasteiger charge is -2.09. The molecule has 0 fully saturated rings. The highest BCUT2D eigenvalue weighted by Crippen LogP contribution is 2.18. The van der Waals surface area contributed by atoms with Crippen LogP contribution in [0, 0.1) is 0 Å². The summed E-state index contributed by atoms with van der Waals surface area (Å²) in [5.74, 6) is 1.05. The minimum atomic E-state index is 0.822. The number of alkyl halides is 1. The molecule has 0 amide bonds. The standard InChI is InChI=1S/C12H17BrO/c1-2-11-7-3-4-8-12(11)14-10-6-5-9-13/h3-4,7-8H,2,5-6,9-10H2,1H3. The van der Waals surface area contributed by atoms with E-state index in [0.717, 1.165) is 30.5 Å². The van der Waals surface area contributed by atoms with Gasteiger partial charge in [0, 0.05) is 5.33 Å². The number of hydrogen-bond acceptors (Lipinski definition) is 1. The minimum Gasteiger partial charge on any atom is -0.493 e. The predicted octanol–water partition coefficient (Wildman–Crippen LogP) is 3.80. The molecule has 0 aromatic heterocycles. The second-order valence-corrected chi connectivity index (χ2v) is 4.00. The van der Waals surface area contributed by atoms with Crippen molar-refractivity contribution in [3.05, 3.63) is 29.8 Å². The van der Waals surface area contributed by atoms with Crippen molar-refractivity contribution in [2.75, 3.05) is 11.9 Å². The van der Waals surface area contributed by atoms with Gasteiger partial charge in [-0.3, -0.25) is 0 Å². The summed E-state index contributed by atoms with van der Waals surface area (Å²) in [5, 5.41) is 1.06. The molecule has 0 heterocycles. The van der Waals surface area contributed by atoms with Crippen LogP contribution < -0.4 is 4.74 Å². The molecule has 1 aromatic carbocycles. The Labute approximate surface area is 94.6 Å². The fourth-order valence-electron chi connectivity index (χ4n) is 1.32. The molecule has 0 N–H and O–H groups in total. The highest BCUT2D eigenvalue weighted by Gasteiger charge is 1.99. The Kier molecular flexibility index (Phi) is 5.69. The third-order valence-electron chi connectivity index (χ3n) is 2.14. The van der Waals surface area contributed by atoms with Gasteiger partial charge < -0.3 is 4.74 Å². The van der Waals surface area contributed by atoms with Crippen molar-refractivity contribution < 1.29 is 4.74 Å². The van der Waals surface area contributed by atoms with Gasteiger partial charge in [0.1, 0.15) is 5.75 Å². The van der Waals surface area contributed by atoms with E-state index in [-0.39, 0.29) is 0 Å². The first-order chi connectivity index (χ1) is 6.88. The molecular formula is C12H17BrO. The minimum absolute atomic E-state index is 0.822. The quantitative estimate of drug-likeness (QED) is 0.556. The van der Waals surface area contributed by atoms with Crippen molar-refractivity contribution in [2.24, 2.45) is 0 Å². The molecule has 0 saturated carbocycles. The topological polar surface area (TPSA) is 9.23 Å². The van der Waals surface area contributed by atoms with Crippen molar-refractivity contribution in [3.8, 4) is 5.75 Å². The zero-order valence-corrected chi connectivity index (χ0v) is 10.2. The first-order valence-electron chi connectivity index (χ1n) is 5.15. The van der Waals surface area contributed by atoms with E-state index in [1.165, 1.54) is 12.0 Å². The van der Waals surface area contributed by atoms with Gasteiger partial charge in [-0.05, 0) is 30.9 Å². The van der Waals surface area contributed by atoms with Gasteiger partial charge in [-0.2, -0.15) is 0 Å². The largest absolute Gasteiger partial charge is 0.493 e. The molecule has 0 radical (unpaired) electrons. The fourth-order valence-corrected chi connectivity index (χ4v) is 1.71. The van der Waals surface area contributed by atoms with Crippen LogP contribution in [0.1, 0.15) is 25.3 Å². The van der Waals surface area contributed by atoms with Crippen LogP contribution in [0.5, 0.6) is 5.75 Å². The van der Waals surface area contributed by atoms with Gasteiger partial charge >= 0.3 is 0 Å². The van der Waals surface area contributed by atoms with Gasteiger partial charge in [-0.15, -0.1) is 0 Å². The number of ether oxygens (including phenoxy) is 1. The average Bonchev–Trinajstić information content (AvgIpc) is 2.25. The zero-order chi connectivity index (χ0) is 10.2. The van der Waals surface area contributed by atoms with Crippen LogP contribution in [-0.4, -0.2) is 11.9 Å². The van der Waals surface area contributed by atoms with Crippen LogP contribution in [0.3, 0.4) is 0 Å². The molecule has 0 aliphatic carbocycles. The van der Waals surface area contributed by atoms with Crippen LogP contribution in [0.25, 0.3) is 0 Å². The van der Waals surface area contributed by atoms with Crippen LogP contribution in [0.2, 0.25) is 0 Å². The maximum atomic E-state index is 5.71. The molecule has 1 aromatic rings. The highest BCUT2D eigenvalue weighted by molar-refractivity contribution is 9.09. The fraction of sp³-hybridized carbons (Fsp3) is 0.500. The molecule has 1 nitrogen and oxygen atoms in total. The van der Waals surface area contributed by atoms with E-state index < -0.39 is 0 Å². The van der Waals surface area contributed by atoms with Crippen molar-refractivity contribution in [3.63, 3.8) is 0 Å². The van der Waals surface area contributed by atoms with Crippen LogP contribution >= 0.6 is 15.9 Å². The Bertz CT molecular complexity index is 260. The van der Waals surface area contributed by atoms with E-state index in [0.29, 0.717) is 0 Å². The Morgan fingerprint density at radius 3 is 2.71 bits per heavy atom. The average molecular weight is 257 g/mol. The predicted molar refractivity (Wildman–Crippen MR) is 64.3 cm³/mol. The summed E-state index contributed by atoms with van der Waals surface area (Å²) in [6, 6.07) is 8.26. The maximum absolute atomic E-state index is 5.71. The third-order valence-corrected chi connectivity index (χ3v) is 2.70. The maximum Gasteiger partial charge on any atom is 0.122 e. The Morgan fingerprint density at radius 2 is 2.00 bits per heavy atom. The second-order valence-electron chi connectivity index (χ2n) is 3.21. The number of hydrogen-bond donors (Lipinski definition) is 0. The molecule has 0 spiro atoms. The summed E-state index contributed by atoms with van der Waals surface area (Å²) in [4.78, 5) is 0. The van der Waals surface area contributed by atoms with Crippen molar-refractivity contribution in [1.82, 2.24) is 0 Å². The Balaban J connectivity index is 2.41. The van der Waals surface area contributed by atoms with Crippen molar-refractivity contribution in [1.29, 1.82) is 0 Å². The molecule has 2 heteroatoms. The lowest BCUT2D eigenvalue weighted by molar-refractivity contribution is 0.307. The third kappa shape index (κ3) is 3.70. The lowest BCUT2D eigenvalue weighted by Crippen LogP contribution is -1.99. The van der Waals surface area contributed by atoms with E-state index in [9.17, 15) is 0 Å². The summed E-state index contributed by atoms with van der Waals surface area (Å²) in [7, 11) is 0. The summed E-state index contributed by atoms with van der Waals surface area (Å²) in [6.45, 7) is 2.98. The van der Waals surface area contributed by atoms with Gasteiger partial charge in [0.05, 0.1) is 6.61 Å². The zero-order valence-electron chi connectivity index (χ0n) is 8.63. The van der Waals surface area contributed by atoms with Gasteiger partial charge in [-0.1, -0.05) is 41.1 Å². The van der Waals surface area contributed by atoms with Gasteiger partial charge in [0.2, 0.25) is 0 Å². The first-order valence-corrected chi connectivity index (χ1v) is 6.27. The summed E-state index contributed by atoms with van der Waals surface area (Å²) in [6.07, 6.45) is 3.33. The molecule has 78 valence electrons. The molecule has 0 atom stereocenters. The lowest BCUT2D eigenvalue weighted by atomic mass is 10.1. The monoisotopic (exact) mass is 256 g/mol. The van der Waals surface area contributed by atoms with Crippen molar-refractivity contribution in [2.45, 2.75) is 26.2 Å². The van der Waals surface area contributed by atoms with E-state index in [4.69, 9.17) is 4.74 Å². The smallest absolute Gasteiger partial charge is 0.122 e. The van der Waals surface area contributed by atoms with E-state index in [1.54, 1.807) is 0 Å². The number of aryl methyl sites for hydroxylation is 1. The molecule has 0 aliphatic rings. The summed E-state index contributed by atoms with van der Waals surface area (Å²) < 4.78 is 5.71. The Morgan fingerprint density at radius 1 is 1.21 bits per heavy atom. The molecule has 0 unspecified atom stereocenters. The normalized spacial score (nSPS) is 10.1. The summed E-state index contributed by atoms with van der Waals surface area (Å²) in [5.41, 5.74) is 1.30. The molecule has 14 heavy (non-hydrogen) atoms. The van der Waals surface area contributed by atoms with Crippen LogP contribution in [0.15, 0.2) is 24.3 Å². The number of para-hydroxylation sites is 1. The highest BCUT2D eigenvalue weighted by atomic mass is 79.9. The molecule has 0 bridgehead atoms. The van der Waals surface area contributed by atoms with Gasteiger partial charge in [0.25, 0.3) is 0 Å². The molecule has 1 rings (SSSR count). The number of benzene rings is 1. The summed E-state index contributed by atoms with van der Waals surface area (Å²) >= 11 is 3.41. The molecule has 0 aliphatic heterocycles. The van der Waals surface area contributed by atoms with Crippen LogP contribution in [0.4, 0.5) is 0 Å². The van der Waals surface area contributed by atoms with Crippen molar-refractivity contribution >= 4 is 15.9 Å². The SMILES string of the molecule is CCc1ccccc1OCCCCBr. The first kappa shape index (κ1) is 11.6. The van der Waals surface area contributed by atoms with E-state index >= 15 is 0 Å². The molecular weight excluding hydrogens is 240 g/mol.